The Balaban J connectivity index is 2.02. The summed E-state index contributed by atoms with van der Waals surface area (Å²) in [5.74, 6) is 0. The van der Waals surface area contributed by atoms with E-state index in [-0.39, 0.29) is 0 Å². The van der Waals surface area contributed by atoms with Crippen LogP contribution in [-0.2, 0) is 0 Å². The monoisotopic (exact) mass is 314 g/mol. The van der Waals surface area contributed by atoms with Crippen LogP contribution in [0, 0.1) is 0 Å². The van der Waals surface area contributed by atoms with Gasteiger partial charge in [-0.1, -0.05) is 31.4 Å². The zero-order valence-corrected chi connectivity index (χ0v) is 14.2. The van der Waals surface area contributed by atoms with Crippen molar-refractivity contribution in [2.75, 3.05) is 5.73 Å². The second-order valence-electron chi connectivity index (χ2n) is 6.06. The summed E-state index contributed by atoms with van der Waals surface area (Å²) < 4.78 is 6.11. The highest BCUT2D eigenvalue weighted by molar-refractivity contribution is 7.99. The number of hydrogen-bond donors (Lipinski definition) is 1. The molecule has 0 spiro atoms. The first-order valence-corrected chi connectivity index (χ1v) is 11.2. The summed E-state index contributed by atoms with van der Waals surface area (Å²) in [6, 6.07) is 12.0. The van der Waals surface area contributed by atoms with Crippen LogP contribution in [0.5, 0.6) is 0 Å². The summed E-state index contributed by atoms with van der Waals surface area (Å²) in [4.78, 5) is 6.66. The molecule has 0 unspecified atom stereocenters. The van der Waals surface area contributed by atoms with Crippen molar-refractivity contribution in [2.24, 2.45) is 0 Å². The van der Waals surface area contributed by atoms with Gasteiger partial charge in [0, 0.05) is 22.8 Å². The molecule has 108 valence electrons. The second kappa shape index (κ2) is 5.24. The summed E-state index contributed by atoms with van der Waals surface area (Å²) in [5, 5.41) is 1.09. The van der Waals surface area contributed by atoms with Crippen LogP contribution in [0.2, 0.25) is 19.6 Å². The van der Waals surface area contributed by atoms with Crippen LogP contribution < -0.4 is 11.1 Å². The topological polar surface area (TPSA) is 52.0 Å². The number of fused-ring (bicyclic) bond motifs is 1. The first-order valence-electron chi connectivity index (χ1n) is 6.86. The molecule has 0 bridgehead atoms. The number of hydrogen-bond acceptors (Lipinski definition) is 4. The summed E-state index contributed by atoms with van der Waals surface area (Å²) in [6.07, 6.45) is 1.84. The lowest BCUT2D eigenvalue weighted by atomic mass is 10.3. The Bertz CT molecular complexity index is 775. The van der Waals surface area contributed by atoms with Crippen LogP contribution in [-0.4, -0.2) is 13.1 Å². The lowest BCUT2D eigenvalue weighted by molar-refractivity contribution is 0.639. The molecule has 0 saturated carbocycles. The van der Waals surface area contributed by atoms with E-state index in [0.717, 1.165) is 32.0 Å². The average molecular weight is 314 g/mol. The van der Waals surface area contributed by atoms with Crippen molar-refractivity contribution in [2.45, 2.75) is 29.4 Å². The van der Waals surface area contributed by atoms with Gasteiger partial charge in [0.05, 0.1) is 10.3 Å². The van der Waals surface area contributed by atoms with Gasteiger partial charge in [0.1, 0.15) is 13.6 Å². The van der Waals surface area contributed by atoms with E-state index < -0.39 is 8.07 Å². The molecule has 0 amide bonds. The molecule has 3 nitrogen and oxygen atoms in total. The first kappa shape index (κ1) is 14.2. The van der Waals surface area contributed by atoms with E-state index in [9.17, 15) is 0 Å². The maximum atomic E-state index is 6.11. The molecule has 1 aromatic carbocycles. The van der Waals surface area contributed by atoms with Crippen molar-refractivity contribution in [3.05, 3.63) is 42.6 Å². The van der Waals surface area contributed by atoms with Gasteiger partial charge < -0.3 is 10.2 Å². The largest absolute Gasteiger partial charge is 0.463 e. The van der Waals surface area contributed by atoms with Gasteiger partial charge in [0.15, 0.2) is 5.58 Å². The molecule has 3 aromatic rings. The van der Waals surface area contributed by atoms with Crippen LogP contribution in [0.1, 0.15) is 0 Å². The Labute approximate surface area is 129 Å². The number of nitrogen functional groups attached to an aromatic ring is 1. The maximum Gasteiger partial charge on any atom is 0.165 e. The van der Waals surface area contributed by atoms with Crippen LogP contribution in [0.3, 0.4) is 0 Å². The number of furan rings is 1. The van der Waals surface area contributed by atoms with Crippen molar-refractivity contribution in [1.29, 1.82) is 0 Å². The van der Waals surface area contributed by atoms with Gasteiger partial charge in [-0.25, -0.2) is 0 Å². The fraction of sp³-hybridized carbons (Fsp3) is 0.188. The Morgan fingerprint density at radius 1 is 1.10 bits per heavy atom. The van der Waals surface area contributed by atoms with Gasteiger partial charge in [-0.2, -0.15) is 0 Å². The van der Waals surface area contributed by atoms with Crippen LogP contribution in [0.15, 0.2) is 56.8 Å². The molecule has 0 atom stereocenters. The highest BCUT2D eigenvalue weighted by atomic mass is 32.2. The molecule has 2 N–H and O–H groups in total. The predicted molar refractivity (Wildman–Crippen MR) is 92.0 cm³/mol. The number of anilines is 1. The summed E-state index contributed by atoms with van der Waals surface area (Å²) in [7, 11) is -1.47. The van der Waals surface area contributed by atoms with E-state index in [2.05, 4.69) is 30.7 Å². The van der Waals surface area contributed by atoms with Crippen molar-refractivity contribution in [3.8, 4) is 0 Å². The van der Waals surface area contributed by atoms with E-state index in [1.54, 1.807) is 11.8 Å². The Kier molecular flexibility index (Phi) is 3.55. The zero-order valence-electron chi connectivity index (χ0n) is 12.4. The molecule has 0 aliphatic carbocycles. The molecule has 21 heavy (non-hydrogen) atoms. The number of aromatic nitrogens is 1. The molecule has 0 aliphatic heterocycles. The number of benzene rings is 1. The van der Waals surface area contributed by atoms with E-state index in [0.29, 0.717) is 0 Å². The molecule has 2 aromatic heterocycles. The fourth-order valence-electron chi connectivity index (χ4n) is 2.03. The Morgan fingerprint density at radius 2 is 1.81 bits per heavy atom. The normalized spacial score (nSPS) is 12.0. The molecule has 5 heteroatoms. The highest BCUT2D eigenvalue weighted by Crippen LogP contribution is 2.33. The quantitative estimate of drug-likeness (QED) is 0.584. The van der Waals surface area contributed by atoms with Gasteiger partial charge >= 0.3 is 0 Å². The number of rotatable bonds is 3. The fourth-order valence-corrected chi connectivity index (χ4v) is 3.90. The molecule has 0 aliphatic rings. The minimum atomic E-state index is -1.47. The molecule has 0 radical (unpaired) electrons. The molecular formula is C16H18N2OSSi. The average Bonchev–Trinajstić information content (AvgIpc) is 2.86. The van der Waals surface area contributed by atoms with E-state index in [1.165, 1.54) is 0 Å². The van der Waals surface area contributed by atoms with Crippen LogP contribution in [0.4, 0.5) is 5.69 Å². The van der Waals surface area contributed by atoms with Gasteiger partial charge in [-0.3, -0.25) is 4.98 Å². The zero-order chi connectivity index (χ0) is 15.0. The maximum absolute atomic E-state index is 6.11. The van der Waals surface area contributed by atoms with Crippen LogP contribution in [0.25, 0.3) is 11.1 Å². The second-order valence-corrected chi connectivity index (χ2v) is 12.2. The van der Waals surface area contributed by atoms with Gasteiger partial charge in [0.2, 0.25) is 0 Å². The third-order valence-corrected chi connectivity index (χ3v) is 6.00. The number of nitrogens with two attached hydrogens (primary N) is 1. The van der Waals surface area contributed by atoms with Gasteiger partial charge in [-0.05, 0) is 30.3 Å². The first-order chi connectivity index (χ1) is 9.93. The highest BCUT2D eigenvalue weighted by Gasteiger charge is 2.23. The van der Waals surface area contributed by atoms with Crippen LogP contribution >= 0.6 is 11.8 Å². The van der Waals surface area contributed by atoms with Gasteiger partial charge in [0.25, 0.3) is 0 Å². The lowest BCUT2D eigenvalue weighted by Crippen LogP contribution is -2.36. The minimum Gasteiger partial charge on any atom is -0.463 e. The van der Waals surface area contributed by atoms with Crippen molar-refractivity contribution in [1.82, 2.24) is 4.98 Å². The van der Waals surface area contributed by atoms with E-state index in [1.807, 2.05) is 36.5 Å². The standard InChI is InChI=1S/C16H18N2OSSi/c1-21(2,3)15-10-13-16(19-15)14(8-9-18-13)20-12-6-4-11(17)5-7-12/h4-10H,17H2,1-3H3. The van der Waals surface area contributed by atoms with Crippen molar-refractivity contribution >= 4 is 42.0 Å². The third kappa shape index (κ3) is 2.98. The molecule has 2 heterocycles. The SMILES string of the molecule is C[Si](C)(C)c1cc2nccc(Sc3ccc(N)cc3)c2o1. The predicted octanol–water partition coefficient (Wildman–Crippen LogP) is 4.11. The Morgan fingerprint density at radius 3 is 2.48 bits per heavy atom. The molecule has 3 rings (SSSR count). The molecule has 0 fully saturated rings. The van der Waals surface area contributed by atoms with Crippen molar-refractivity contribution < 1.29 is 4.42 Å². The lowest BCUT2D eigenvalue weighted by Gasteiger charge is -2.10. The van der Waals surface area contributed by atoms with Crippen molar-refractivity contribution in [3.63, 3.8) is 0 Å². The molecular weight excluding hydrogens is 296 g/mol. The van der Waals surface area contributed by atoms with Gasteiger partial charge in [-0.15, -0.1) is 0 Å². The third-order valence-electron chi connectivity index (χ3n) is 3.22. The van der Waals surface area contributed by atoms with E-state index in [4.69, 9.17) is 10.2 Å². The summed E-state index contributed by atoms with van der Waals surface area (Å²) in [6.45, 7) is 6.83. The molecule has 0 saturated heterocycles. The number of pyridine rings is 1. The van der Waals surface area contributed by atoms with E-state index >= 15 is 0 Å². The Hall–Kier alpha value is -1.72. The minimum absolute atomic E-state index is 0.776. The smallest absolute Gasteiger partial charge is 0.165 e. The number of nitrogens with zero attached hydrogens (tertiary/aromatic N) is 1. The summed E-state index contributed by atoms with van der Waals surface area (Å²) >= 11 is 1.68. The summed E-state index contributed by atoms with van der Waals surface area (Å²) in [5.41, 5.74) is 8.33.